The van der Waals surface area contributed by atoms with E-state index in [-0.39, 0.29) is 12.1 Å². The zero-order chi connectivity index (χ0) is 22.0. The van der Waals surface area contributed by atoms with E-state index < -0.39 is 12.2 Å². The number of nitrogens with zero attached hydrogens (tertiary/aromatic N) is 1. The first-order valence-corrected chi connectivity index (χ1v) is 13.8. The minimum atomic E-state index is -2.76. The number of hydrogen-bond donors (Lipinski definition) is 0. The Morgan fingerprint density at radius 3 is 2.09 bits per heavy atom. The molecule has 164 valence electrons. The molecule has 2 aliphatic rings. The van der Waals surface area contributed by atoms with Crippen molar-refractivity contribution in [3.63, 3.8) is 0 Å². The van der Waals surface area contributed by atoms with Gasteiger partial charge in [0.25, 0.3) is 6.64 Å². The predicted octanol–water partition coefficient (Wildman–Crippen LogP) is 6.98. The third-order valence-corrected chi connectivity index (χ3v) is 9.65. The van der Waals surface area contributed by atoms with Crippen LogP contribution in [0, 0.1) is 0 Å². The molecule has 0 aromatic heterocycles. The molecule has 0 aliphatic carbocycles. The summed E-state index contributed by atoms with van der Waals surface area (Å²) in [6, 6.07) is 31.5. The lowest BCUT2D eigenvalue weighted by atomic mass is 9.79. The van der Waals surface area contributed by atoms with E-state index in [0.29, 0.717) is 0 Å². The van der Waals surface area contributed by atoms with Gasteiger partial charge in [0.2, 0.25) is 0 Å². The highest BCUT2D eigenvalue weighted by Gasteiger charge is 2.61. The molecular weight excluding hydrogens is 433 g/mol. The molecule has 3 aromatic rings. The van der Waals surface area contributed by atoms with Gasteiger partial charge in [0, 0.05) is 6.54 Å². The van der Waals surface area contributed by atoms with Crippen LogP contribution in [0.25, 0.3) is 0 Å². The van der Waals surface area contributed by atoms with Gasteiger partial charge >= 0.3 is 0 Å². The minimum Gasteiger partial charge on any atom is -0.305 e. The molecule has 0 N–H and O–H groups in total. The summed E-state index contributed by atoms with van der Waals surface area (Å²) in [5.41, 5.74) is 2.73. The van der Waals surface area contributed by atoms with E-state index >= 15 is 0 Å². The van der Waals surface area contributed by atoms with E-state index in [1.165, 1.54) is 0 Å². The summed E-state index contributed by atoms with van der Waals surface area (Å²) < 4.78 is 16.2. The number of rotatable bonds is 6. The summed E-state index contributed by atoms with van der Waals surface area (Å²) in [6.07, 6.45) is 5.99. The topological polar surface area (TPSA) is 21.7 Å². The van der Waals surface area contributed by atoms with E-state index in [9.17, 15) is 0 Å². The SMILES string of the molecule is C/C=C/[C@H](OP1(=S)OC(c2ccccc2)(c2ccccc2)[C@@H]2CCCN21)c1ccccc1. The Labute approximate surface area is 195 Å². The van der Waals surface area contributed by atoms with Gasteiger partial charge in [-0.15, -0.1) is 0 Å². The van der Waals surface area contributed by atoms with Crippen LogP contribution < -0.4 is 0 Å². The molecule has 2 aliphatic heterocycles. The van der Waals surface area contributed by atoms with Crippen LogP contribution in [0.15, 0.2) is 103 Å². The van der Waals surface area contributed by atoms with Crippen molar-refractivity contribution in [3.8, 4) is 0 Å². The summed E-state index contributed by atoms with van der Waals surface area (Å²) in [4.78, 5) is 0. The van der Waals surface area contributed by atoms with Crippen molar-refractivity contribution >= 4 is 18.4 Å². The van der Waals surface area contributed by atoms with E-state index in [0.717, 1.165) is 36.1 Å². The Balaban J connectivity index is 1.62. The van der Waals surface area contributed by atoms with Gasteiger partial charge in [-0.1, -0.05) is 103 Å². The van der Waals surface area contributed by atoms with Gasteiger partial charge in [-0.25, -0.2) is 4.67 Å². The molecule has 0 saturated carbocycles. The fourth-order valence-electron chi connectivity index (χ4n) is 5.03. The quantitative estimate of drug-likeness (QED) is 0.291. The second-order valence-corrected chi connectivity index (χ2v) is 11.5. The van der Waals surface area contributed by atoms with E-state index in [2.05, 4.69) is 71.4 Å². The molecule has 2 saturated heterocycles. The molecule has 5 heteroatoms. The first kappa shape index (κ1) is 21.8. The first-order chi connectivity index (χ1) is 15.7. The second kappa shape index (κ2) is 9.05. The number of benzene rings is 3. The summed E-state index contributed by atoms with van der Waals surface area (Å²) >= 11 is 6.30. The van der Waals surface area contributed by atoms with E-state index in [1.807, 2.05) is 43.3 Å². The summed E-state index contributed by atoms with van der Waals surface area (Å²) in [5.74, 6) is 0. The average Bonchev–Trinajstić information content (AvgIpc) is 3.43. The molecule has 0 spiro atoms. The third kappa shape index (κ3) is 3.71. The minimum absolute atomic E-state index is 0.153. The smallest absolute Gasteiger partial charge is 0.266 e. The molecule has 1 unspecified atom stereocenters. The monoisotopic (exact) mass is 461 g/mol. The van der Waals surface area contributed by atoms with Crippen LogP contribution >= 0.6 is 6.64 Å². The van der Waals surface area contributed by atoms with Crippen molar-refractivity contribution in [2.75, 3.05) is 6.54 Å². The maximum Gasteiger partial charge on any atom is 0.266 e. The van der Waals surface area contributed by atoms with Crippen LogP contribution in [-0.2, 0) is 26.5 Å². The molecule has 2 fully saturated rings. The van der Waals surface area contributed by atoms with Gasteiger partial charge < -0.3 is 4.52 Å². The molecule has 3 nitrogen and oxygen atoms in total. The lowest BCUT2D eigenvalue weighted by Crippen LogP contribution is -2.40. The van der Waals surface area contributed by atoms with Gasteiger partial charge in [-0.2, -0.15) is 0 Å². The van der Waals surface area contributed by atoms with Crippen LogP contribution in [0.1, 0.15) is 42.6 Å². The normalized spacial score (nSPS) is 25.7. The standard InChI is InChI=1S/C27H28NO2PS/c1-2-13-25(22-14-6-3-7-15-22)29-31(32)28-21-12-20-26(28)27(30-31,23-16-8-4-9-17-23)24-18-10-5-11-19-24/h2-11,13-19,25-26H,12,20-21H2,1H3/b13-2+/t25-,26-,31?/m0/s1. The fourth-order valence-corrected chi connectivity index (χ4v) is 8.70. The molecule has 32 heavy (non-hydrogen) atoms. The van der Waals surface area contributed by atoms with Crippen molar-refractivity contribution in [2.45, 2.75) is 37.5 Å². The largest absolute Gasteiger partial charge is 0.305 e. The summed E-state index contributed by atoms with van der Waals surface area (Å²) in [5, 5.41) is 0. The number of hydrogen-bond acceptors (Lipinski definition) is 3. The molecule has 0 bridgehead atoms. The third-order valence-electron chi connectivity index (χ3n) is 6.42. The first-order valence-electron chi connectivity index (χ1n) is 11.2. The molecule has 2 heterocycles. The van der Waals surface area contributed by atoms with Crippen LogP contribution in [0.4, 0.5) is 0 Å². The molecular formula is C27H28NO2PS. The molecule has 3 aromatic carbocycles. The number of allylic oxidation sites excluding steroid dienone is 1. The van der Waals surface area contributed by atoms with Gasteiger partial charge in [0.15, 0.2) is 0 Å². The Morgan fingerprint density at radius 1 is 0.969 bits per heavy atom. The Hall–Kier alpha value is -2.07. The predicted molar refractivity (Wildman–Crippen MR) is 134 cm³/mol. The van der Waals surface area contributed by atoms with E-state index in [4.69, 9.17) is 20.9 Å². The fraction of sp³-hybridized carbons (Fsp3) is 0.259. The van der Waals surface area contributed by atoms with Crippen LogP contribution in [0.3, 0.4) is 0 Å². The van der Waals surface area contributed by atoms with E-state index in [1.54, 1.807) is 0 Å². The lowest BCUT2D eigenvalue weighted by molar-refractivity contribution is 0.0968. The van der Waals surface area contributed by atoms with Gasteiger partial charge in [0.05, 0.1) is 6.04 Å². The maximum absolute atomic E-state index is 7.07. The van der Waals surface area contributed by atoms with Gasteiger partial charge in [-0.3, -0.25) is 4.52 Å². The number of fused-ring (bicyclic) bond motifs is 1. The molecule has 3 atom stereocenters. The van der Waals surface area contributed by atoms with Gasteiger partial charge in [0.1, 0.15) is 11.7 Å². The average molecular weight is 462 g/mol. The molecule has 0 radical (unpaired) electrons. The van der Waals surface area contributed by atoms with Crippen LogP contribution in [0.2, 0.25) is 0 Å². The van der Waals surface area contributed by atoms with Crippen molar-refractivity contribution in [3.05, 3.63) is 120 Å². The molecule has 0 amide bonds. The highest BCUT2D eigenvalue weighted by Crippen LogP contribution is 2.71. The maximum atomic E-state index is 7.07. The zero-order valence-corrected chi connectivity index (χ0v) is 19.9. The van der Waals surface area contributed by atoms with Crippen LogP contribution in [-0.4, -0.2) is 17.3 Å². The van der Waals surface area contributed by atoms with Crippen LogP contribution in [0.5, 0.6) is 0 Å². The highest BCUT2D eigenvalue weighted by atomic mass is 32.5. The zero-order valence-electron chi connectivity index (χ0n) is 18.2. The molecule has 5 rings (SSSR count). The lowest BCUT2D eigenvalue weighted by Gasteiger charge is -2.34. The van der Waals surface area contributed by atoms with Crippen molar-refractivity contribution in [1.82, 2.24) is 4.67 Å². The highest BCUT2D eigenvalue weighted by molar-refractivity contribution is 8.08. The van der Waals surface area contributed by atoms with Crippen molar-refractivity contribution < 1.29 is 9.05 Å². The summed E-state index contributed by atoms with van der Waals surface area (Å²) in [6.45, 7) is 0.155. The van der Waals surface area contributed by atoms with Crippen molar-refractivity contribution in [1.29, 1.82) is 0 Å². The second-order valence-electron chi connectivity index (χ2n) is 8.31. The van der Waals surface area contributed by atoms with Crippen molar-refractivity contribution in [2.24, 2.45) is 0 Å². The Kier molecular flexibility index (Phi) is 6.16. The van der Waals surface area contributed by atoms with Gasteiger partial charge in [-0.05, 0) is 48.3 Å². The Morgan fingerprint density at radius 2 is 1.53 bits per heavy atom. The summed E-state index contributed by atoms with van der Waals surface area (Å²) in [7, 11) is 0. The Bertz CT molecular complexity index is 1080.